The summed E-state index contributed by atoms with van der Waals surface area (Å²) in [5.74, 6) is -0.512. The number of alkyl halides is 12. The number of carbonyl (C=O) groups excluding carboxylic acids is 1. The molecule has 2 nitrogen and oxygen atoms in total. The zero-order valence-corrected chi connectivity index (χ0v) is 29.8. The van der Waals surface area contributed by atoms with E-state index in [1.807, 2.05) is 0 Å². The molecule has 0 N–H and O–H groups in total. The Kier molecular flexibility index (Phi) is 10.6. The van der Waals surface area contributed by atoms with Gasteiger partial charge in [0, 0.05) is 29.2 Å². The lowest BCUT2D eigenvalue weighted by Crippen LogP contribution is -2.30. The van der Waals surface area contributed by atoms with E-state index in [1.54, 1.807) is 13.8 Å². The van der Waals surface area contributed by atoms with Crippen molar-refractivity contribution in [3.05, 3.63) is 130 Å². The predicted molar refractivity (Wildman–Crippen MR) is 191 cm³/mol. The zero-order chi connectivity index (χ0) is 41.0. The van der Waals surface area contributed by atoms with Crippen molar-refractivity contribution in [1.82, 2.24) is 4.90 Å². The molecule has 0 saturated heterocycles. The molecule has 6 rings (SSSR count). The minimum absolute atomic E-state index is 0.00707. The third kappa shape index (κ3) is 7.73. The molecule has 0 saturated carbocycles. The van der Waals surface area contributed by atoms with Gasteiger partial charge in [0.1, 0.15) is 4.88 Å². The SMILES string of the molecule is CCN(CC)C(=O)c1scc2c(-c3ccc(C(F)(F)F)cc3)c(-c3ccc(C(F)(F)F)cc3)c(-c3ccc(C(F)(F)F)cc3)c(-c3ccc(C(F)(F)F)cc3)c12. The van der Waals surface area contributed by atoms with E-state index in [-0.39, 0.29) is 73.2 Å². The molecule has 292 valence electrons. The van der Waals surface area contributed by atoms with Gasteiger partial charge in [0.2, 0.25) is 0 Å². The number of nitrogens with zero attached hydrogens (tertiary/aromatic N) is 1. The molecule has 1 amide bonds. The summed E-state index contributed by atoms with van der Waals surface area (Å²) in [5.41, 5.74) is -3.72. The lowest BCUT2D eigenvalue weighted by molar-refractivity contribution is -0.138. The Morgan fingerprint density at radius 3 is 1.05 bits per heavy atom. The molecule has 0 spiro atoms. The van der Waals surface area contributed by atoms with Crippen molar-refractivity contribution in [3.63, 3.8) is 0 Å². The topological polar surface area (TPSA) is 20.3 Å². The number of hydrogen-bond acceptors (Lipinski definition) is 2. The molecule has 6 aromatic rings. The first kappa shape index (κ1) is 40.4. The highest BCUT2D eigenvalue weighted by Gasteiger charge is 2.35. The van der Waals surface area contributed by atoms with Crippen molar-refractivity contribution in [2.75, 3.05) is 13.1 Å². The van der Waals surface area contributed by atoms with Crippen molar-refractivity contribution in [1.29, 1.82) is 0 Å². The monoisotopic (exact) mass is 809 g/mol. The van der Waals surface area contributed by atoms with E-state index in [0.29, 0.717) is 0 Å². The van der Waals surface area contributed by atoms with Gasteiger partial charge in [-0.15, -0.1) is 11.3 Å². The van der Waals surface area contributed by atoms with Crippen LogP contribution in [0.25, 0.3) is 55.3 Å². The van der Waals surface area contributed by atoms with Crippen LogP contribution in [-0.2, 0) is 24.7 Å². The van der Waals surface area contributed by atoms with E-state index in [0.717, 1.165) is 108 Å². The maximum absolute atomic E-state index is 14.2. The second-order valence-electron chi connectivity index (χ2n) is 12.6. The minimum Gasteiger partial charge on any atom is -0.338 e. The van der Waals surface area contributed by atoms with Crippen LogP contribution in [0.1, 0.15) is 45.8 Å². The first-order valence-corrected chi connectivity index (χ1v) is 17.6. The van der Waals surface area contributed by atoms with Crippen molar-refractivity contribution in [2.24, 2.45) is 0 Å². The molecule has 56 heavy (non-hydrogen) atoms. The number of hydrogen-bond donors (Lipinski definition) is 0. The van der Waals surface area contributed by atoms with Gasteiger partial charge in [0.25, 0.3) is 5.91 Å². The van der Waals surface area contributed by atoms with Gasteiger partial charge in [0.05, 0.1) is 22.3 Å². The van der Waals surface area contributed by atoms with Gasteiger partial charge < -0.3 is 4.90 Å². The summed E-state index contributed by atoms with van der Waals surface area (Å²) in [6.07, 6.45) is -19.1. The fourth-order valence-electron chi connectivity index (χ4n) is 6.58. The van der Waals surface area contributed by atoms with Crippen LogP contribution in [0.2, 0.25) is 0 Å². The average molecular weight is 810 g/mol. The molecule has 5 aromatic carbocycles. The Bertz CT molecular complexity index is 2360. The summed E-state index contributed by atoms with van der Waals surface area (Å²) in [4.78, 5) is 15.7. The van der Waals surface area contributed by atoms with Gasteiger partial charge >= 0.3 is 24.7 Å². The lowest BCUT2D eigenvalue weighted by Gasteiger charge is -2.25. The highest BCUT2D eigenvalue weighted by molar-refractivity contribution is 7.14. The third-order valence-corrected chi connectivity index (χ3v) is 10.3. The Morgan fingerprint density at radius 2 is 0.750 bits per heavy atom. The molecule has 1 heterocycles. The highest BCUT2D eigenvalue weighted by atomic mass is 32.1. The number of amides is 1. The van der Waals surface area contributed by atoms with E-state index >= 15 is 0 Å². The number of carbonyl (C=O) groups is 1. The van der Waals surface area contributed by atoms with Crippen LogP contribution in [-0.4, -0.2) is 23.9 Å². The van der Waals surface area contributed by atoms with Crippen molar-refractivity contribution >= 4 is 28.0 Å². The Balaban J connectivity index is 1.87. The number of halogens is 12. The smallest absolute Gasteiger partial charge is 0.338 e. The number of benzene rings is 5. The van der Waals surface area contributed by atoms with E-state index in [1.165, 1.54) is 10.3 Å². The van der Waals surface area contributed by atoms with Crippen LogP contribution in [0.5, 0.6) is 0 Å². The van der Waals surface area contributed by atoms with Crippen LogP contribution in [0, 0.1) is 0 Å². The minimum atomic E-state index is -4.79. The molecule has 0 aliphatic carbocycles. The van der Waals surface area contributed by atoms with Gasteiger partial charge in [-0.1, -0.05) is 48.5 Å². The molecule has 0 aliphatic rings. The van der Waals surface area contributed by atoms with E-state index in [9.17, 15) is 57.5 Å². The summed E-state index contributed by atoms with van der Waals surface area (Å²) >= 11 is 0.933. The molecule has 0 bridgehead atoms. The maximum Gasteiger partial charge on any atom is 0.416 e. The average Bonchev–Trinajstić information content (AvgIpc) is 3.58. The normalized spacial score (nSPS) is 12.7. The van der Waals surface area contributed by atoms with E-state index in [2.05, 4.69) is 0 Å². The summed E-state index contributed by atoms with van der Waals surface area (Å²) in [6, 6.07) is 15.0. The number of thiophene rings is 1. The molecular weight excluding hydrogens is 783 g/mol. The summed E-state index contributed by atoms with van der Waals surface area (Å²) in [6.45, 7) is 3.87. The van der Waals surface area contributed by atoms with Crippen LogP contribution in [0.4, 0.5) is 52.7 Å². The van der Waals surface area contributed by atoms with E-state index in [4.69, 9.17) is 0 Å². The summed E-state index contributed by atoms with van der Waals surface area (Å²) in [5, 5.41) is 1.87. The second-order valence-corrected chi connectivity index (χ2v) is 13.5. The fourth-order valence-corrected chi connectivity index (χ4v) is 7.61. The van der Waals surface area contributed by atoms with Crippen LogP contribution >= 0.6 is 11.3 Å². The highest BCUT2D eigenvalue weighted by Crippen LogP contribution is 2.54. The van der Waals surface area contributed by atoms with Gasteiger partial charge in [-0.05, 0) is 107 Å². The van der Waals surface area contributed by atoms with E-state index < -0.39 is 52.9 Å². The molecule has 15 heteroatoms. The van der Waals surface area contributed by atoms with Gasteiger partial charge in [-0.3, -0.25) is 4.79 Å². The van der Waals surface area contributed by atoms with Crippen molar-refractivity contribution in [2.45, 2.75) is 38.6 Å². The quantitative estimate of drug-likeness (QED) is 0.147. The molecule has 0 aliphatic heterocycles. The molecule has 0 atom stereocenters. The largest absolute Gasteiger partial charge is 0.416 e. The second kappa shape index (κ2) is 14.6. The Hall–Kier alpha value is -5.31. The van der Waals surface area contributed by atoms with Crippen molar-refractivity contribution in [3.8, 4) is 44.5 Å². The third-order valence-electron chi connectivity index (χ3n) is 9.31. The number of rotatable bonds is 7. The first-order valence-electron chi connectivity index (χ1n) is 16.8. The summed E-state index contributed by atoms with van der Waals surface area (Å²) < 4.78 is 165. The fraction of sp³-hybridized carbons (Fsp3) is 0.195. The molecular formula is C41H27F12NOS. The maximum atomic E-state index is 14.2. The number of fused-ring (bicyclic) bond motifs is 1. The van der Waals surface area contributed by atoms with Crippen molar-refractivity contribution < 1.29 is 57.5 Å². The Morgan fingerprint density at radius 1 is 0.464 bits per heavy atom. The van der Waals surface area contributed by atoms with Crippen LogP contribution in [0.3, 0.4) is 0 Å². The van der Waals surface area contributed by atoms with Crippen LogP contribution in [0.15, 0.2) is 102 Å². The van der Waals surface area contributed by atoms with Crippen LogP contribution < -0.4 is 0 Å². The van der Waals surface area contributed by atoms with Gasteiger partial charge in [-0.25, -0.2) is 0 Å². The van der Waals surface area contributed by atoms with Gasteiger partial charge in [-0.2, -0.15) is 52.7 Å². The summed E-state index contributed by atoms with van der Waals surface area (Å²) in [7, 11) is 0. The van der Waals surface area contributed by atoms with Gasteiger partial charge in [0.15, 0.2) is 0 Å². The first-order chi connectivity index (χ1) is 26.1. The standard InChI is InChI=1S/C41H27F12NOS/c1-3-54(4-2)37(55)36-35-30(21-56-36)31(22-5-13-26(14-6-22)38(42,43)44)32(23-7-15-27(16-8-23)39(45,46)47)33(24-9-17-28(18-10-24)40(48,49)50)34(35)25-11-19-29(20-12-25)41(51,52)53/h5-21H,3-4H2,1-2H3. The molecule has 0 unspecified atom stereocenters. The zero-order valence-electron chi connectivity index (χ0n) is 29.0. The molecule has 0 radical (unpaired) electrons. The Labute approximate surface area is 315 Å². The molecule has 1 aromatic heterocycles. The lowest BCUT2D eigenvalue weighted by atomic mass is 9.79. The molecule has 0 fully saturated rings. The predicted octanol–water partition coefficient (Wildman–Crippen LogP) is 14.1.